The molecule has 1 fully saturated rings. The normalized spacial score (nSPS) is 24.6. The van der Waals surface area contributed by atoms with Crippen LogP contribution in [0.2, 0.25) is 0 Å². The van der Waals surface area contributed by atoms with Crippen molar-refractivity contribution in [3.63, 3.8) is 0 Å². The van der Waals surface area contributed by atoms with Gasteiger partial charge in [-0.15, -0.1) is 0 Å². The quantitative estimate of drug-likeness (QED) is 0.807. The Hall–Kier alpha value is -1.40. The maximum atomic E-state index is 12.5. The van der Waals surface area contributed by atoms with Gasteiger partial charge in [-0.1, -0.05) is 12.8 Å². The molecule has 0 unspecified atom stereocenters. The third-order valence-corrected chi connectivity index (χ3v) is 5.07. The van der Waals surface area contributed by atoms with Gasteiger partial charge in [-0.05, 0) is 39.2 Å². The maximum Gasteiger partial charge on any atom is 0.222 e. The predicted octanol–water partition coefficient (Wildman–Crippen LogP) is 2.06. The Balaban J connectivity index is 1.87. The van der Waals surface area contributed by atoms with E-state index in [1.165, 1.54) is 0 Å². The van der Waals surface area contributed by atoms with Crippen LogP contribution < -0.4 is 0 Å². The topological polar surface area (TPSA) is 67.6 Å². The molecule has 3 atom stereocenters. The molecule has 0 spiro atoms. The molecule has 136 valence electrons. The minimum Gasteiger partial charge on any atom is -0.388 e. The number of amides is 1. The standard InChI is InChI=1S/C18H31N3O3/c1-13-12-14(2)21(19-13)11-7-10-17(22)20(3)15-8-5-6-9-16(24-4)18(15)23/h12,15-16,18,23H,5-11H2,1-4H3/t15-,16-,18-/m1/s1. The Kier molecular flexibility index (Phi) is 6.80. The first-order chi connectivity index (χ1) is 11.4. The monoisotopic (exact) mass is 337 g/mol. The highest BCUT2D eigenvalue weighted by Crippen LogP contribution is 2.24. The fourth-order valence-electron chi connectivity index (χ4n) is 3.61. The van der Waals surface area contributed by atoms with E-state index < -0.39 is 6.10 Å². The third-order valence-electron chi connectivity index (χ3n) is 5.07. The van der Waals surface area contributed by atoms with Crippen LogP contribution in [-0.2, 0) is 16.1 Å². The van der Waals surface area contributed by atoms with Crippen LogP contribution >= 0.6 is 0 Å². The van der Waals surface area contributed by atoms with Crippen molar-refractivity contribution in [3.8, 4) is 0 Å². The average Bonchev–Trinajstić information content (AvgIpc) is 2.76. The van der Waals surface area contributed by atoms with E-state index in [1.807, 2.05) is 24.6 Å². The number of carbonyl (C=O) groups is 1. The van der Waals surface area contributed by atoms with Gasteiger partial charge in [0, 0.05) is 32.8 Å². The number of likely N-dealkylation sites (N-methyl/N-ethyl adjacent to an activating group) is 1. The zero-order valence-corrected chi connectivity index (χ0v) is 15.4. The van der Waals surface area contributed by atoms with E-state index in [4.69, 9.17) is 4.74 Å². The lowest BCUT2D eigenvalue weighted by Crippen LogP contribution is -2.48. The summed E-state index contributed by atoms with van der Waals surface area (Å²) in [7, 11) is 3.43. The number of aromatic nitrogens is 2. The first kappa shape index (κ1) is 18.9. The molecule has 24 heavy (non-hydrogen) atoms. The molecule has 6 heteroatoms. The summed E-state index contributed by atoms with van der Waals surface area (Å²) in [5.74, 6) is 0.0809. The molecule has 2 rings (SSSR count). The van der Waals surface area contributed by atoms with E-state index in [0.717, 1.165) is 50.0 Å². The maximum absolute atomic E-state index is 12.5. The molecular formula is C18H31N3O3. The van der Waals surface area contributed by atoms with Crippen molar-refractivity contribution < 1.29 is 14.6 Å². The van der Waals surface area contributed by atoms with Crippen molar-refractivity contribution >= 4 is 5.91 Å². The highest BCUT2D eigenvalue weighted by Gasteiger charge is 2.34. The third kappa shape index (κ3) is 4.57. The summed E-state index contributed by atoms with van der Waals surface area (Å²) in [6.45, 7) is 4.75. The van der Waals surface area contributed by atoms with Crippen LogP contribution in [0.25, 0.3) is 0 Å². The van der Waals surface area contributed by atoms with Gasteiger partial charge in [0.2, 0.25) is 5.91 Å². The summed E-state index contributed by atoms with van der Waals surface area (Å²) >= 11 is 0. The molecule has 1 aromatic rings. The fraction of sp³-hybridized carbons (Fsp3) is 0.778. The number of aliphatic hydroxyl groups excluding tert-OH is 1. The average molecular weight is 337 g/mol. The second-order valence-corrected chi connectivity index (χ2v) is 6.87. The number of carbonyl (C=O) groups excluding carboxylic acids is 1. The predicted molar refractivity (Wildman–Crippen MR) is 92.8 cm³/mol. The zero-order chi connectivity index (χ0) is 17.7. The van der Waals surface area contributed by atoms with Crippen molar-refractivity contribution in [3.05, 3.63) is 17.5 Å². The molecule has 0 bridgehead atoms. The van der Waals surface area contributed by atoms with E-state index in [-0.39, 0.29) is 18.1 Å². The Morgan fingerprint density at radius 1 is 1.42 bits per heavy atom. The summed E-state index contributed by atoms with van der Waals surface area (Å²) in [6, 6.07) is 1.89. The van der Waals surface area contributed by atoms with Crippen molar-refractivity contribution in [2.24, 2.45) is 0 Å². The minimum absolute atomic E-state index is 0.0809. The van der Waals surface area contributed by atoms with Crippen LogP contribution in [0.3, 0.4) is 0 Å². The summed E-state index contributed by atoms with van der Waals surface area (Å²) in [5.41, 5.74) is 2.12. The number of nitrogens with zero attached hydrogens (tertiary/aromatic N) is 3. The molecule has 1 aromatic heterocycles. The zero-order valence-electron chi connectivity index (χ0n) is 15.4. The number of ether oxygens (including phenoxy) is 1. The van der Waals surface area contributed by atoms with Crippen LogP contribution in [0.4, 0.5) is 0 Å². The SMILES string of the molecule is CO[C@@H]1CCCC[C@@H](N(C)C(=O)CCCn2nc(C)cc2C)[C@H]1O. The molecular weight excluding hydrogens is 306 g/mol. The van der Waals surface area contributed by atoms with E-state index in [0.29, 0.717) is 6.42 Å². The van der Waals surface area contributed by atoms with Gasteiger partial charge in [-0.25, -0.2) is 0 Å². The summed E-state index contributed by atoms with van der Waals surface area (Å²) in [4.78, 5) is 14.2. The van der Waals surface area contributed by atoms with Crippen LogP contribution in [-0.4, -0.2) is 58.1 Å². The summed E-state index contributed by atoms with van der Waals surface area (Å²) < 4.78 is 7.35. The lowest BCUT2D eigenvalue weighted by Gasteiger charge is -2.33. The van der Waals surface area contributed by atoms with Gasteiger partial charge >= 0.3 is 0 Å². The van der Waals surface area contributed by atoms with Crippen LogP contribution in [0.5, 0.6) is 0 Å². The van der Waals surface area contributed by atoms with Crippen LogP contribution in [0.1, 0.15) is 49.9 Å². The summed E-state index contributed by atoms with van der Waals surface area (Å²) in [5, 5.41) is 15.0. The van der Waals surface area contributed by atoms with Gasteiger partial charge in [-0.2, -0.15) is 5.10 Å². The van der Waals surface area contributed by atoms with Gasteiger partial charge in [0.25, 0.3) is 0 Å². The minimum atomic E-state index is -0.609. The van der Waals surface area contributed by atoms with E-state index >= 15 is 0 Å². The largest absolute Gasteiger partial charge is 0.388 e. The molecule has 0 radical (unpaired) electrons. The summed E-state index contributed by atoms with van der Waals surface area (Å²) in [6.07, 6.45) is 4.17. The Morgan fingerprint density at radius 2 is 2.12 bits per heavy atom. The molecule has 1 N–H and O–H groups in total. The smallest absolute Gasteiger partial charge is 0.222 e. The number of rotatable bonds is 6. The fourth-order valence-corrected chi connectivity index (χ4v) is 3.61. The molecule has 0 saturated heterocycles. The Bertz CT molecular complexity index is 544. The second-order valence-electron chi connectivity index (χ2n) is 6.87. The molecule has 1 heterocycles. The lowest BCUT2D eigenvalue weighted by atomic mass is 10.0. The molecule has 1 aliphatic carbocycles. The van der Waals surface area contributed by atoms with Gasteiger partial charge < -0.3 is 14.7 Å². The Morgan fingerprint density at radius 3 is 2.75 bits per heavy atom. The molecule has 0 aliphatic heterocycles. The van der Waals surface area contributed by atoms with Gasteiger partial charge in [0.1, 0.15) is 6.10 Å². The van der Waals surface area contributed by atoms with Gasteiger partial charge in [-0.3, -0.25) is 9.48 Å². The van der Waals surface area contributed by atoms with Crippen molar-refractivity contribution in [2.45, 2.75) is 77.2 Å². The van der Waals surface area contributed by atoms with Crippen molar-refractivity contribution in [2.75, 3.05) is 14.2 Å². The second kappa shape index (κ2) is 8.62. The van der Waals surface area contributed by atoms with E-state index in [1.54, 1.807) is 19.1 Å². The Labute approximate surface area is 144 Å². The highest BCUT2D eigenvalue weighted by molar-refractivity contribution is 5.76. The molecule has 1 aliphatic rings. The number of hydrogen-bond acceptors (Lipinski definition) is 4. The van der Waals surface area contributed by atoms with Crippen molar-refractivity contribution in [1.29, 1.82) is 0 Å². The molecule has 1 amide bonds. The number of aliphatic hydroxyl groups is 1. The first-order valence-corrected chi connectivity index (χ1v) is 8.91. The molecule has 6 nitrogen and oxygen atoms in total. The van der Waals surface area contributed by atoms with E-state index in [2.05, 4.69) is 5.10 Å². The number of aryl methyl sites for hydroxylation is 3. The number of methoxy groups -OCH3 is 1. The molecule has 1 saturated carbocycles. The molecule has 0 aromatic carbocycles. The van der Waals surface area contributed by atoms with Crippen molar-refractivity contribution in [1.82, 2.24) is 14.7 Å². The van der Waals surface area contributed by atoms with Crippen LogP contribution in [0, 0.1) is 13.8 Å². The lowest BCUT2D eigenvalue weighted by molar-refractivity contribution is -0.137. The van der Waals surface area contributed by atoms with Crippen LogP contribution in [0.15, 0.2) is 6.07 Å². The highest BCUT2D eigenvalue weighted by atomic mass is 16.5. The first-order valence-electron chi connectivity index (χ1n) is 8.91. The van der Waals surface area contributed by atoms with Gasteiger partial charge in [0.05, 0.1) is 17.8 Å². The van der Waals surface area contributed by atoms with Gasteiger partial charge in [0.15, 0.2) is 0 Å². The number of hydrogen-bond donors (Lipinski definition) is 1. The van der Waals surface area contributed by atoms with E-state index in [9.17, 15) is 9.90 Å².